The summed E-state index contributed by atoms with van der Waals surface area (Å²) in [5.74, 6) is 0.484. The van der Waals surface area contributed by atoms with Crippen molar-refractivity contribution in [3.63, 3.8) is 0 Å². The number of aromatic nitrogens is 1. The summed E-state index contributed by atoms with van der Waals surface area (Å²) < 4.78 is 25.4. The van der Waals surface area contributed by atoms with E-state index in [4.69, 9.17) is 32.7 Å². The van der Waals surface area contributed by atoms with Crippen molar-refractivity contribution in [3.8, 4) is 11.5 Å². The Kier molecular flexibility index (Phi) is 6.14. The molecule has 0 atom stereocenters. The molecule has 0 aliphatic rings. The van der Waals surface area contributed by atoms with Crippen molar-refractivity contribution >= 4 is 34.0 Å². The molecule has 0 radical (unpaired) electrons. The van der Waals surface area contributed by atoms with E-state index in [-0.39, 0.29) is 12.3 Å². The molecular weight excluding hydrogens is 378 g/mol. The van der Waals surface area contributed by atoms with Crippen molar-refractivity contribution < 1.29 is 13.9 Å². The van der Waals surface area contributed by atoms with Crippen molar-refractivity contribution in [1.29, 1.82) is 0 Å². The van der Waals surface area contributed by atoms with Gasteiger partial charge in [0.15, 0.2) is 5.82 Å². The Morgan fingerprint density at radius 2 is 1.96 bits per heavy atom. The average Bonchev–Trinajstić information content (AvgIpc) is 2.64. The normalized spacial score (nSPS) is 10.9. The number of benzene rings is 2. The largest absolute Gasteiger partial charge is 0.491 e. The molecule has 0 spiro atoms. The second-order valence-electron chi connectivity index (χ2n) is 5.55. The van der Waals surface area contributed by atoms with Crippen LogP contribution in [0.2, 0.25) is 10.0 Å². The van der Waals surface area contributed by atoms with Crippen LogP contribution in [0.5, 0.6) is 11.5 Å². The number of rotatable bonds is 7. The lowest BCUT2D eigenvalue weighted by atomic mass is 10.1. The van der Waals surface area contributed by atoms with Gasteiger partial charge in [0.1, 0.15) is 30.4 Å². The van der Waals surface area contributed by atoms with Crippen molar-refractivity contribution in [2.75, 3.05) is 20.2 Å². The van der Waals surface area contributed by atoms with Gasteiger partial charge in [-0.05, 0) is 25.2 Å². The summed E-state index contributed by atoms with van der Waals surface area (Å²) in [7, 11) is 1.82. The van der Waals surface area contributed by atoms with E-state index in [9.17, 15) is 4.39 Å². The fourth-order valence-electron chi connectivity index (χ4n) is 2.44. The zero-order valence-corrected chi connectivity index (χ0v) is 15.6. The molecule has 1 heterocycles. The molecule has 26 heavy (non-hydrogen) atoms. The number of ether oxygens (including phenoxy) is 2. The lowest BCUT2D eigenvalue weighted by Crippen LogP contribution is -2.16. The molecule has 0 bridgehead atoms. The summed E-state index contributed by atoms with van der Waals surface area (Å²) in [5, 5.41) is 5.45. The molecule has 2 aromatic carbocycles. The summed E-state index contributed by atoms with van der Waals surface area (Å²) >= 11 is 12.3. The Morgan fingerprint density at radius 3 is 2.73 bits per heavy atom. The van der Waals surface area contributed by atoms with E-state index in [0.29, 0.717) is 34.7 Å². The van der Waals surface area contributed by atoms with Crippen LogP contribution in [0.1, 0.15) is 5.69 Å². The highest BCUT2D eigenvalue weighted by Gasteiger charge is 2.11. The predicted molar refractivity (Wildman–Crippen MR) is 102 cm³/mol. The summed E-state index contributed by atoms with van der Waals surface area (Å²) in [6, 6.07) is 10.3. The van der Waals surface area contributed by atoms with E-state index in [1.54, 1.807) is 12.1 Å². The zero-order chi connectivity index (χ0) is 18.5. The van der Waals surface area contributed by atoms with Crippen molar-refractivity contribution in [1.82, 2.24) is 10.3 Å². The van der Waals surface area contributed by atoms with Gasteiger partial charge in [-0.25, -0.2) is 4.39 Å². The van der Waals surface area contributed by atoms with Crippen LogP contribution < -0.4 is 14.8 Å². The number of hydrogen-bond donors (Lipinski definition) is 1. The van der Waals surface area contributed by atoms with Gasteiger partial charge in [0.25, 0.3) is 0 Å². The van der Waals surface area contributed by atoms with E-state index in [0.717, 1.165) is 10.8 Å². The number of likely N-dealkylation sites (N-methyl/N-ethyl adjacent to an activating group) is 1. The van der Waals surface area contributed by atoms with E-state index in [1.807, 2.05) is 25.2 Å². The molecule has 0 aliphatic heterocycles. The molecule has 0 amide bonds. The SMILES string of the molecule is CNCCOc1cnc(COc2cccc3c(Cl)c(Cl)ccc23)c(F)c1. The van der Waals surface area contributed by atoms with Crippen LogP contribution in [-0.2, 0) is 6.61 Å². The Morgan fingerprint density at radius 1 is 1.12 bits per heavy atom. The molecule has 0 unspecified atom stereocenters. The second-order valence-corrected chi connectivity index (χ2v) is 6.34. The van der Waals surface area contributed by atoms with Gasteiger partial charge in [-0.15, -0.1) is 0 Å². The first kappa shape index (κ1) is 18.7. The van der Waals surface area contributed by atoms with Crippen LogP contribution >= 0.6 is 23.2 Å². The van der Waals surface area contributed by atoms with E-state index in [1.165, 1.54) is 12.3 Å². The Labute approximate surface area is 160 Å². The fraction of sp³-hybridized carbons (Fsp3) is 0.211. The highest BCUT2D eigenvalue weighted by molar-refractivity contribution is 6.45. The molecule has 136 valence electrons. The third-order valence-corrected chi connectivity index (χ3v) is 4.60. The Hall–Kier alpha value is -2.08. The topological polar surface area (TPSA) is 43.4 Å². The van der Waals surface area contributed by atoms with Crippen molar-refractivity contribution in [2.45, 2.75) is 6.61 Å². The Bertz CT molecular complexity index is 921. The molecule has 4 nitrogen and oxygen atoms in total. The number of hydrogen-bond acceptors (Lipinski definition) is 4. The minimum absolute atomic E-state index is 0.0119. The van der Waals surface area contributed by atoms with Gasteiger partial charge in [-0.2, -0.15) is 0 Å². The molecule has 0 aliphatic carbocycles. The smallest absolute Gasteiger partial charge is 0.151 e. The van der Waals surface area contributed by atoms with Gasteiger partial charge in [-0.3, -0.25) is 4.98 Å². The van der Waals surface area contributed by atoms with Crippen LogP contribution in [0.3, 0.4) is 0 Å². The lowest BCUT2D eigenvalue weighted by molar-refractivity contribution is 0.292. The van der Waals surface area contributed by atoms with Gasteiger partial charge in [0, 0.05) is 23.4 Å². The van der Waals surface area contributed by atoms with Gasteiger partial charge in [0.05, 0.1) is 16.2 Å². The quantitative estimate of drug-likeness (QED) is 0.581. The molecule has 3 rings (SSSR count). The second kappa shape index (κ2) is 8.54. The van der Waals surface area contributed by atoms with Crippen molar-refractivity contribution in [3.05, 3.63) is 64.2 Å². The highest BCUT2D eigenvalue weighted by Crippen LogP contribution is 2.35. The maximum absolute atomic E-state index is 14.2. The summed E-state index contributed by atoms with van der Waals surface area (Å²) in [6.45, 7) is 1.09. The third kappa shape index (κ3) is 4.18. The third-order valence-electron chi connectivity index (χ3n) is 3.79. The molecule has 0 fully saturated rings. The Balaban J connectivity index is 1.75. The minimum atomic E-state index is -0.478. The number of halogens is 3. The fourth-order valence-corrected chi connectivity index (χ4v) is 2.83. The summed E-state index contributed by atoms with van der Waals surface area (Å²) in [4.78, 5) is 4.09. The number of nitrogens with zero attached hydrogens (tertiary/aromatic N) is 1. The van der Waals surface area contributed by atoms with Crippen LogP contribution in [0.4, 0.5) is 4.39 Å². The maximum Gasteiger partial charge on any atom is 0.151 e. The van der Waals surface area contributed by atoms with Crippen LogP contribution in [0, 0.1) is 5.82 Å². The standard InChI is InChI=1S/C19H17Cl2FN2O2/c1-23-7-8-25-12-9-16(22)17(24-10-12)11-26-18-4-2-3-14-13(18)5-6-15(20)19(14)21/h2-6,9-10,23H,7-8,11H2,1H3. The maximum atomic E-state index is 14.2. The zero-order valence-electron chi connectivity index (χ0n) is 14.1. The van der Waals surface area contributed by atoms with Crippen LogP contribution in [0.15, 0.2) is 42.6 Å². The average molecular weight is 395 g/mol. The van der Waals surface area contributed by atoms with Gasteiger partial charge >= 0.3 is 0 Å². The first-order chi connectivity index (χ1) is 12.6. The molecule has 0 saturated heterocycles. The first-order valence-electron chi connectivity index (χ1n) is 8.01. The highest BCUT2D eigenvalue weighted by atomic mass is 35.5. The van der Waals surface area contributed by atoms with E-state index >= 15 is 0 Å². The monoisotopic (exact) mass is 394 g/mol. The van der Waals surface area contributed by atoms with Gasteiger partial charge < -0.3 is 14.8 Å². The molecule has 1 N–H and O–H groups in total. The van der Waals surface area contributed by atoms with Crippen molar-refractivity contribution in [2.24, 2.45) is 0 Å². The first-order valence-corrected chi connectivity index (χ1v) is 8.77. The molecule has 1 aromatic heterocycles. The predicted octanol–water partition coefficient (Wildman–Crippen LogP) is 4.86. The van der Waals surface area contributed by atoms with E-state index < -0.39 is 5.82 Å². The molecule has 7 heteroatoms. The number of fused-ring (bicyclic) bond motifs is 1. The summed E-state index contributed by atoms with van der Waals surface area (Å²) in [6.07, 6.45) is 1.48. The minimum Gasteiger partial charge on any atom is -0.491 e. The van der Waals surface area contributed by atoms with Gasteiger partial charge in [0.2, 0.25) is 0 Å². The van der Waals surface area contributed by atoms with Gasteiger partial charge in [-0.1, -0.05) is 35.3 Å². The number of nitrogens with one attached hydrogen (secondary N) is 1. The molecular formula is C19H17Cl2FN2O2. The molecule has 0 saturated carbocycles. The van der Waals surface area contributed by atoms with Crippen LogP contribution in [0.25, 0.3) is 10.8 Å². The van der Waals surface area contributed by atoms with Crippen LogP contribution in [-0.4, -0.2) is 25.2 Å². The number of pyridine rings is 1. The lowest BCUT2D eigenvalue weighted by Gasteiger charge is -2.11. The van der Waals surface area contributed by atoms with E-state index in [2.05, 4.69) is 10.3 Å². The summed E-state index contributed by atoms with van der Waals surface area (Å²) in [5.41, 5.74) is 0.197. The molecule has 3 aromatic rings.